The first-order chi connectivity index (χ1) is 10.4. The number of aliphatic carboxylic acids is 1. The molecule has 0 unspecified atom stereocenters. The Bertz CT molecular complexity index is 717. The van der Waals surface area contributed by atoms with E-state index in [0.29, 0.717) is 17.2 Å². The zero-order valence-electron chi connectivity index (χ0n) is 12.6. The third kappa shape index (κ3) is 3.66. The molecule has 2 aromatic rings. The molecule has 0 aliphatic heterocycles. The van der Waals surface area contributed by atoms with Gasteiger partial charge in [0.1, 0.15) is 11.5 Å². The fraction of sp³-hybridized carbons (Fsp3) is 0.250. The lowest BCUT2D eigenvalue weighted by atomic mass is 10.2. The lowest BCUT2D eigenvalue weighted by Crippen LogP contribution is -2.13. The minimum Gasteiger partial charge on any atom is -0.482 e. The summed E-state index contributed by atoms with van der Waals surface area (Å²) in [7, 11) is 0. The van der Waals surface area contributed by atoms with Crippen molar-refractivity contribution in [1.82, 2.24) is 0 Å². The van der Waals surface area contributed by atoms with Gasteiger partial charge in [0, 0.05) is 11.3 Å². The lowest BCUT2D eigenvalue weighted by molar-refractivity contribution is -0.139. The highest BCUT2D eigenvalue weighted by Gasteiger charge is 2.15. The van der Waals surface area contributed by atoms with Crippen LogP contribution < -0.4 is 10.1 Å². The van der Waals surface area contributed by atoms with E-state index in [9.17, 15) is 9.59 Å². The Morgan fingerprint density at radius 2 is 1.91 bits per heavy atom. The van der Waals surface area contributed by atoms with Crippen molar-refractivity contribution in [3.8, 4) is 5.75 Å². The maximum atomic E-state index is 12.2. The molecule has 0 aliphatic rings. The van der Waals surface area contributed by atoms with Crippen molar-refractivity contribution in [3.63, 3.8) is 0 Å². The fourth-order valence-corrected chi connectivity index (χ4v) is 2.06. The molecular weight excluding hydrogens is 286 g/mol. The van der Waals surface area contributed by atoms with Crippen LogP contribution in [-0.2, 0) is 4.79 Å². The number of carboxylic acids is 1. The van der Waals surface area contributed by atoms with E-state index in [1.54, 1.807) is 45.0 Å². The minimum atomic E-state index is -1.04. The Kier molecular flexibility index (Phi) is 4.50. The topological polar surface area (TPSA) is 88.8 Å². The van der Waals surface area contributed by atoms with Crippen molar-refractivity contribution >= 4 is 17.6 Å². The predicted octanol–water partition coefficient (Wildman–Crippen LogP) is 2.92. The molecule has 2 N–H and O–H groups in total. The van der Waals surface area contributed by atoms with E-state index in [1.807, 2.05) is 0 Å². The first-order valence-electron chi connectivity index (χ1n) is 6.70. The van der Waals surface area contributed by atoms with Gasteiger partial charge >= 0.3 is 5.97 Å². The molecule has 0 fully saturated rings. The minimum absolute atomic E-state index is 0.281. The molecular formula is C16H17NO5. The largest absolute Gasteiger partial charge is 0.482 e. The molecule has 1 aromatic heterocycles. The van der Waals surface area contributed by atoms with Crippen LogP contribution in [0.15, 0.2) is 28.7 Å². The Morgan fingerprint density at radius 1 is 1.18 bits per heavy atom. The average Bonchev–Trinajstić information content (AvgIpc) is 2.78. The number of furan rings is 1. The van der Waals surface area contributed by atoms with Gasteiger partial charge in [-0.25, -0.2) is 4.79 Å². The van der Waals surface area contributed by atoms with Gasteiger partial charge in [-0.05, 0) is 50.6 Å². The summed E-state index contributed by atoms with van der Waals surface area (Å²) in [4.78, 5) is 22.7. The summed E-state index contributed by atoms with van der Waals surface area (Å²) < 4.78 is 10.5. The first kappa shape index (κ1) is 15.6. The Morgan fingerprint density at radius 3 is 2.45 bits per heavy atom. The molecule has 22 heavy (non-hydrogen) atoms. The molecule has 0 bridgehead atoms. The number of carboxylic acid groups (broad SMARTS) is 1. The van der Waals surface area contributed by atoms with E-state index in [2.05, 4.69) is 5.32 Å². The molecule has 0 aliphatic carbocycles. The molecule has 1 amide bonds. The van der Waals surface area contributed by atoms with E-state index in [4.69, 9.17) is 14.3 Å². The highest BCUT2D eigenvalue weighted by Crippen LogP contribution is 2.23. The number of benzene rings is 1. The molecule has 1 aromatic carbocycles. The normalized spacial score (nSPS) is 10.3. The monoisotopic (exact) mass is 303 g/mol. The van der Waals surface area contributed by atoms with Gasteiger partial charge in [-0.2, -0.15) is 0 Å². The van der Waals surface area contributed by atoms with Crippen LogP contribution in [0.1, 0.15) is 27.4 Å². The van der Waals surface area contributed by atoms with Crippen molar-refractivity contribution in [2.75, 3.05) is 11.9 Å². The summed E-state index contributed by atoms with van der Waals surface area (Å²) in [6.07, 6.45) is 0. The summed E-state index contributed by atoms with van der Waals surface area (Å²) in [5.41, 5.74) is 2.15. The maximum absolute atomic E-state index is 12.2. The van der Waals surface area contributed by atoms with Crippen LogP contribution in [0.25, 0.3) is 0 Å². The van der Waals surface area contributed by atoms with Crippen LogP contribution in [0.4, 0.5) is 5.69 Å². The van der Waals surface area contributed by atoms with Crippen molar-refractivity contribution in [3.05, 3.63) is 46.9 Å². The van der Waals surface area contributed by atoms with Gasteiger partial charge in [-0.3, -0.25) is 4.79 Å². The van der Waals surface area contributed by atoms with Gasteiger partial charge in [0.2, 0.25) is 0 Å². The van der Waals surface area contributed by atoms with E-state index in [1.165, 1.54) is 0 Å². The van der Waals surface area contributed by atoms with E-state index < -0.39 is 12.6 Å². The third-order valence-electron chi connectivity index (χ3n) is 3.06. The number of carbonyl (C=O) groups excluding carboxylic acids is 1. The van der Waals surface area contributed by atoms with Gasteiger partial charge in [-0.15, -0.1) is 0 Å². The number of hydrogen-bond donors (Lipinski definition) is 2. The number of anilines is 1. The number of nitrogens with one attached hydrogen (secondary N) is 1. The molecule has 116 valence electrons. The van der Waals surface area contributed by atoms with Gasteiger partial charge in [-0.1, -0.05) is 0 Å². The molecule has 0 saturated carbocycles. The third-order valence-corrected chi connectivity index (χ3v) is 3.06. The van der Waals surface area contributed by atoms with Crippen LogP contribution in [0.3, 0.4) is 0 Å². The zero-order valence-corrected chi connectivity index (χ0v) is 12.6. The number of amides is 1. The second-order valence-corrected chi connectivity index (χ2v) is 4.98. The quantitative estimate of drug-likeness (QED) is 0.886. The summed E-state index contributed by atoms with van der Waals surface area (Å²) in [6.45, 7) is 4.98. The van der Waals surface area contributed by atoms with Crippen LogP contribution in [0.2, 0.25) is 0 Å². The molecule has 0 saturated heterocycles. The van der Waals surface area contributed by atoms with Crippen molar-refractivity contribution < 1.29 is 23.8 Å². The SMILES string of the molecule is Cc1cc(C)c(C(=O)Nc2ccc(OCC(=O)O)cc2C)o1. The van der Waals surface area contributed by atoms with Gasteiger partial charge in [0.25, 0.3) is 5.91 Å². The predicted molar refractivity (Wildman–Crippen MR) is 80.4 cm³/mol. The van der Waals surface area contributed by atoms with Gasteiger partial charge < -0.3 is 19.6 Å². The number of rotatable bonds is 5. The van der Waals surface area contributed by atoms with Crippen molar-refractivity contribution in [1.29, 1.82) is 0 Å². The van der Waals surface area contributed by atoms with Crippen molar-refractivity contribution in [2.45, 2.75) is 20.8 Å². The number of carbonyl (C=O) groups is 2. The number of aryl methyl sites for hydroxylation is 3. The van der Waals surface area contributed by atoms with E-state index in [0.717, 1.165) is 11.1 Å². The molecule has 0 spiro atoms. The fourth-order valence-electron chi connectivity index (χ4n) is 2.06. The van der Waals surface area contributed by atoms with Crippen LogP contribution in [0.5, 0.6) is 5.75 Å². The zero-order chi connectivity index (χ0) is 16.3. The highest BCUT2D eigenvalue weighted by molar-refractivity contribution is 6.03. The molecule has 0 radical (unpaired) electrons. The smallest absolute Gasteiger partial charge is 0.341 e. The summed E-state index contributed by atoms with van der Waals surface area (Å²) in [5, 5.41) is 11.3. The average molecular weight is 303 g/mol. The van der Waals surface area contributed by atoms with E-state index >= 15 is 0 Å². The molecule has 0 atom stereocenters. The first-order valence-corrected chi connectivity index (χ1v) is 6.70. The summed E-state index contributed by atoms with van der Waals surface area (Å²) in [6, 6.07) is 6.73. The van der Waals surface area contributed by atoms with E-state index in [-0.39, 0.29) is 11.7 Å². The Hall–Kier alpha value is -2.76. The highest BCUT2D eigenvalue weighted by atomic mass is 16.5. The molecule has 6 nitrogen and oxygen atoms in total. The molecule has 6 heteroatoms. The summed E-state index contributed by atoms with van der Waals surface area (Å²) >= 11 is 0. The lowest BCUT2D eigenvalue weighted by Gasteiger charge is -2.10. The molecule has 1 heterocycles. The number of ether oxygens (including phenoxy) is 1. The standard InChI is InChI=1S/C16H17NO5/c1-9-7-12(21-8-14(18)19)4-5-13(9)17-16(20)15-10(2)6-11(3)22-15/h4-7H,8H2,1-3H3,(H,17,20)(H,18,19). The Labute approximate surface area is 127 Å². The Balaban J connectivity index is 2.11. The van der Waals surface area contributed by atoms with Crippen LogP contribution >= 0.6 is 0 Å². The van der Waals surface area contributed by atoms with Gasteiger partial charge in [0.15, 0.2) is 12.4 Å². The molecule has 2 rings (SSSR count). The van der Waals surface area contributed by atoms with Crippen LogP contribution in [-0.4, -0.2) is 23.6 Å². The number of hydrogen-bond acceptors (Lipinski definition) is 4. The van der Waals surface area contributed by atoms with Crippen molar-refractivity contribution in [2.24, 2.45) is 0 Å². The van der Waals surface area contributed by atoms with Crippen LogP contribution in [0, 0.1) is 20.8 Å². The second-order valence-electron chi connectivity index (χ2n) is 4.98. The second kappa shape index (κ2) is 6.34. The summed E-state index contributed by atoms with van der Waals surface area (Å²) in [5.74, 6) is 0.0226. The maximum Gasteiger partial charge on any atom is 0.341 e. The van der Waals surface area contributed by atoms with Gasteiger partial charge in [0.05, 0.1) is 0 Å².